The van der Waals surface area contributed by atoms with Crippen LogP contribution < -0.4 is 10.9 Å². The van der Waals surface area contributed by atoms with Crippen molar-refractivity contribution in [3.63, 3.8) is 0 Å². The number of hydrogen-bond acceptors (Lipinski definition) is 2. The third kappa shape index (κ3) is 1.58. The van der Waals surface area contributed by atoms with Crippen molar-refractivity contribution in [3.05, 3.63) is 22.1 Å². The molecule has 4 heteroatoms. The molecule has 2 N–H and O–H groups in total. The highest BCUT2D eigenvalue weighted by atomic mass is 16.1. The molecular formula is C8H13N3O. The Bertz CT molecular complexity index is 321. The number of aryl methyl sites for hydroxylation is 1. The van der Waals surface area contributed by atoms with Crippen LogP contribution in [-0.4, -0.2) is 15.8 Å². The Kier molecular flexibility index (Phi) is 1.77. The Morgan fingerprint density at radius 2 is 2.50 bits per heavy atom. The zero-order chi connectivity index (χ0) is 8.55. The highest BCUT2D eigenvalue weighted by Crippen LogP contribution is 2.18. The minimum Gasteiger partial charge on any atom is -0.308 e. The Balaban J connectivity index is 1.97. The van der Waals surface area contributed by atoms with Crippen LogP contribution >= 0.6 is 0 Å². The van der Waals surface area contributed by atoms with Crippen molar-refractivity contribution in [2.24, 2.45) is 7.05 Å². The van der Waals surface area contributed by atoms with Crippen molar-refractivity contribution in [1.29, 1.82) is 0 Å². The van der Waals surface area contributed by atoms with Gasteiger partial charge in [-0.3, -0.25) is 14.6 Å². The number of nitrogens with one attached hydrogen (secondary N) is 2. The first-order valence-electron chi connectivity index (χ1n) is 4.24. The van der Waals surface area contributed by atoms with Gasteiger partial charge in [0.1, 0.15) is 0 Å². The van der Waals surface area contributed by atoms with E-state index in [2.05, 4.69) is 10.4 Å². The van der Waals surface area contributed by atoms with E-state index < -0.39 is 0 Å². The van der Waals surface area contributed by atoms with Crippen LogP contribution in [0, 0.1) is 0 Å². The highest BCUT2D eigenvalue weighted by Gasteiger charge is 2.20. The van der Waals surface area contributed by atoms with E-state index in [1.807, 2.05) is 0 Å². The molecular weight excluding hydrogens is 154 g/mol. The molecule has 0 amide bonds. The van der Waals surface area contributed by atoms with E-state index in [0.717, 1.165) is 12.2 Å². The maximum Gasteiger partial charge on any atom is 0.266 e. The normalized spacial score (nSPS) is 16.8. The second-order valence-electron chi connectivity index (χ2n) is 3.33. The SMILES string of the molecule is Cn1[nH]c(CNC2CC2)cc1=O. The van der Waals surface area contributed by atoms with Gasteiger partial charge in [0.15, 0.2) is 0 Å². The quantitative estimate of drug-likeness (QED) is 0.664. The first-order chi connectivity index (χ1) is 5.75. The minimum atomic E-state index is 0.0302. The Morgan fingerprint density at radius 3 is 3.00 bits per heavy atom. The molecule has 1 aromatic heterocycles. The van der Waals surface area contributed by atoms with Gasteiger partial charge in [0.25, 0.3) is 5.56 Å². The molecule has 1 fully saturated rings. The molecule has 0 aliphatic heterocycles. The van der Waals surface area contributed by atoms with Crippen molar-refractivity contribution >= 4 is 0 Å². The van der Waals surface area contributed by atoms with Crippen molar-refractivity contribution in [1.82, 2.24) is 15.1 Å². The first-order valence-corrected chi connectivity index (χ1v) is 4.24. The standard InChI is InChI=1S/C8H13N3O/c1-11-8(12)4-7(10-11)5-9-6-2-3-6/h4,6,9-10H,2-3,5H2,1H3. The van der Waals surface area contributed by atoms with Crippen LogP contribution in [0.2, 0.25) is 0 Å². The topological polar surface area (TPSA) is 49.8 Å². The van der Waals surface area contributed by atoms with E-state index in [9.17, 15) is 4.79 Å². The van der Waals surface area contributed by atoms with E-state index in [4.69, 9.17) is 0 Å². The molecule has 0 bridgehead atoms. The summed E-state index contributed by atoms with van der Waals surface area (Å²) in [5, 5.41) is 6.30. The average Bonchev–Trinajstić information content (AvgIpc) is 2.78. The van der Waals surface area contributed by atoms with Gasteiger partial charge in [-0.1, -0.05) is 0 Å². The summed E-state index contributed by atoms with van der Waals surface area (Å²) >= 11 is 0. The van der Waals surface area contributed by atoms with Gasteiger partial charge in [-0.15, -0.1) is 0 Å². The summed E-state index contributed by atoms with van der Waals surface area (Å²) < 4.78 is 1.49. The van der Waals surface area contributed by atoms with Crippen molar-refractivity contribution in [2.45, 2.75) is 25.4 Å². The summed E-state index contributed by atoms with van der Waals surface area (Å²) in [4.78, 5) is 11.0. The molecule has 0 aromatic carbocycles. The van der Waals surface area contributed by atoms with Gasteiger partial charge in [-0.25, -0.2) is 0 Å². The molecule has 0 saturated heterocycles. The molecule has 0 spiro atoms. The molecule has 1 heterocycles. The van der Waals surface area contributed by atoms with E-state index in [-0.39, 0.29) is 5.56 Å². The third-order valence-electron chi connectivity index (χ3n) is 2.10. The molecule has 1 aliphatic rings. The highest BCUT2D eigenvalue weighted by molar-refractivity contribution is 4.99. The molecule has 12 heavy (non-hydrogen) atoms. The smallest absolute Gasteiger partial charge is 0.266 e. The van der Waals surface area contributed by atoms with E-state index in [1.54, 1.807) is 13.1 Å². The van der Waals surface area contributed by atoms with Crippen LogP contribution in [0.5, 0.6) is 0 Å². The molecule has 1 aliphatic carbocycles. The third-order valence-corrected chi connectivity index (χ3v) is 2.10. The molecule has 66 valence electrons. The lowest BCUT2D eigenvalue weighted by atomic mass is 10.4. The van der Waals surface area contributed by atoms with Gasteiger partial charge in [-0.2, -0.15) is 0 Å². The van der Waals surface area contributed by atoms with E-state index in [1.165, 1.54) is 17.5 Å². The van der Waals surface area contributed by atoms with Gasteiger partial charge >= 0.3 is 0 Å². The summed E-state index contributed by atoms with van der Waals surface area (Å²) in [5.74, 6) is 0. The van der Waals surface area contributed by atoms with Crippen LogP contribution in [0.25, 0.3) is 0 Å². The summed E-state index contributed by atoms with van der Waals surface area (Å²) in [6.45, 7) is 0.779. The average molecular weight is 167 g/mol. The van der Waals surface area contributed by atoms with Crippen molar-refractivity contribution in [2.75, 3.05) is 0 Å². The number of aromatic amines is 1. The van der Waals surface area contributed by atoms with Crippen LogP contribution in [0.15, 0.2) is 10.9 Å². The molecule has 0 unspecified atom stereocenters. The molecule has 2 rings (SSSR count). The van der Waals surface area contributed by atoms with Crippen LogP contribution in [-0.2, 0) is 13.6 Å². The lowest BCUT2D eigenvalue weighted by Gasteiger charge is -1.98. The van der Waals surface area contributed by atoms with Crippen molar-refractivity contribution in [3.8, 4) is 0 Å². The predicted molar refractivity (Wildman–Crippen MR) is 45.9 cm³/mol. The molecule has 4 nitrogen and oxygen atoms in total. The summed E-state index contributed by atoms with van der Waals surface area (Å²) in [7, 11) is 1.73. The van der Waals surface area contributed by atoms with Crippen LogP contribution in [0.1, 0.15) is 18.5 Å². The molecule has 0 atom stereocenters. The summed E-state index contributed by atoms with van der Waals surface area (Å²) in [6, 6.07) is 2.32. The van der Waals surface area contributed by atoms with E-state index in [0.29, 0.717) is 6.04 Å². The summed E-state index contributed by atoms with van der Waals surface area (Å²) in [5.41, 5.74) is 0.997. The van der Waals surface area contributed by atoms with E-state index >= 15 is 0 Å². The second kappa shape index (κ2) is 2.79. The fourth-order valence-electron chi connectivity index (χ4n) is 1.18. The Labute approximate surface area is 70.6 Å². The van der Waals surface area contributed by atoms with Gasteiger partial charge < -0.3 is 5.32 Å². The number of H-pyrrole nitrogens is 1. The zero-order valence-corrected chi connectivity index (χ0v) is 7.13. The van der Waals surface area contributed by atoms with Crippen LogP contribution in [0.3, 0.4) is 0 Å². The number of hydrogen-bond donors (Lipinski definition) is 2. The Morgan fingerprint density at radius 1 is 1.75 bits per heavy atom. The first kappa shape index (κ1) is 7.61. The molecule has 0 radical (unpaired) electrons. The lowest BCUT2D eigenvalue weighted by Crippen LogP contribution is -2.15. The monoisotopic (exact) mass is 167 g/mol. The number of aromatic nitrogens is 2. The lowest BCUT2D eigenvalue weighted by molar-refractivity contribution is 0.649. The van der Waals surface area contributed by atoms with Crippen molar-refractivity contribution < 1.29 is 0 Å². The Hall–Kier alpha value is -1.03. The van der Waals surface area contributed by atoms with Gasteiger partial charge in [0.05, 0.1) is 5.69 Å². The summed E-state index contributed by atoms with van der Waals surface area (Å²) in [6.07, 6.45) is 2.55. The predicted octanol–water partition coefficient (Wildman–Crippen LogP) is -0.0346. The molecule has 1 aromatic rings. The minimum absolute atomic E-state index is 0.0302. The fourth-order valence-corrected chi connectivity index (χ4v) is 1.18. The molecule has 1 saturated carbocycles. The van der Waals surface area contributed by atoms with Gasteiger partial charge in [0, 0.05) is 25.7 Å². The van der Waals surface area contributed by atoms with Crippen LogP contribution in [0.4, 0.5) is 0 Å². The largest absolute Gasteiger partial charge is 0.308 e. The maximum absolute atomic E-state index is 11.0. The van der Waals surface area contributed by atoms with Gasteiger partial charge in [-0.05, 0) is 12.8 Å². The second-order valence-corrected chi connectivity index (χ2v) is 3.33. The fraction of sp³-hybridized carbons (Fsp3) is 0.625. The number of nitrogens with zero attached hydrogens (tertiary/aromatic N) is 1. The zero-order valence-electron chi connectivity index (χ0n) is 7.13. The van der Waals surface area contributed by atoms with Gasteiger partial charge in [0.2, 0.25) is 0 Å². The number of rotatable bonds is 3. The maximum atomic E-state index is 11.0.